The molecule has 0 heterocycles. The van der Waals surface area contributed by atoms with Gasteiger partial charge in [0.15, 0.2) is 0 Å². The van der Waals surface area contributed by atoms with Gasteiger partial charge in [-0.3, -0.25) is 9.10 Å². The fraction of sp³-hybridized carbons (Fsp3) is 0.316. The summed E-state index contributed by atoms with van der Waals surface area (Å²) in [6.07, 6.45) is 1.75. The van der Waals surface area contributed by atoms with Crippen LogP contribution in [0.5, 0.6) is 0 Å². The van der Waals surface area contributed by atoms with Crippen LogP contribution in [0.3, 0.4) is 0 Å². The lowest BCUT2D eigenvalue weighted by Gasteiger charge is -2.23. The van der Waals surface area contributed by atoms with E-state index in [-0.39, 0.29) is 12.2 Å². The van der Waals surface area contributed by atoms with Crippen LogP contribution in [0.2, 0.25) is 10.0 Å². The molecule has 9 heteroatoms. The van der Waals surface area contributed by atoms with E-state index < -0.39 is 15.9 Å². The number of carbonyl (C=O) groups is 1. The van der Waals surface area contributed by atoms with Gasteiger partial charge in [0.2, 0.25) is 15.9 Å². The van der Waals surface area contributed by atoms with Crippen LogP contribution >= 0.6 is 23.2 Å². The summed E-state index contributed by atoms with van der Waals surface area (Å²) in [7, 11) is -1.70. The zero-order valence-electron chi connectivity index (χ0n) is 15.7. The van der Waals surface area contributed by atoms with Crippen LogP contribution in [0.25, 0.3) is 0 Å². The number of anilines is 2. The van der Waals surface area contributed by atoms with Gasteiger partial charge in [0.05, 0.1) is 11.9 Å². The Kier molecular flexibility index (Phi) is 7.98. The van der Waals surface area contributed by atoms with E-state index in [1.807, 2.05) is 37.4 Å². The van der Waals surface area contributed by atoms with Crippen LogP contribution in [0.4, 0.5) is 11.4 Å². The zero-order chi connectivity index (χ0) is 20.7. The molecule has 28 heavy (non-hydrogen) atoms. The fourth-order valence-corrected chi connectivity index (χ4v) is 3.98. The summed E-state index contributed by atoms with van der Waals surface area (Å²) in [6.45, 7) is 0.845. The average Bonchev–Trinajstić information content (AvgIpc) is 2.62. The summed E-state index contributed by atoms with van der Waals surface area (Å²) in [6, 6.07) is 14.3. The summed E-state index contributed by atoms with van der Waals surface area (Å²) in [5.74, 6) is -0.399. The highest BCUT2D eigenvalue weighted by molar-refractivity contribution is 7.92. The third-order valence-electron chi connectivity index (χ3n) is 4.01. The molecule has 0 aliphatic carbocycles. The molecule has 0 atom stereocenters. The molecule has 2 rings (SSSR count). The Hall–Kier alpha value is -1.96. The molecular formula is C19H23Cl2N3O3S. The van der Waals surface area contributed by atoms with Gasteiger partial charge in [-0.2, -0.15) is 0 Å². The molecule has 1 N–H and O–H groups in total. The molecule has 0 saturated heterocycles. The summed E-state index contributed by atoms with van der Waals surface area (Å²) < 4.78 is 25.2. The van der Waals surface area contributed by atoms with Crippen molar-refractivity contribution in [2.45, 2.75) is 6.42 Å². The van der Waals surface area contributed by atoms with Crippen LogP contribution in [-0.4, -0.2) is 47.3 Å². The van der Waals surface area contributed by atoms with Gasteiger partial charge >= 0.3 is 0 Å². The number of nitrogens with zero attached hydrogens (tertiary/aromatic N) is 2. The van der Waals surface area contributed by atoms with Crippen LogP contribution < -0.4 is 14.5 Å². The van der Waals surface area contributed by atoms with E-state index >= 15 is 0 Å². The lowest BCUT2D eigenvalue weighted by atomic mass is 10.3. The first-order valence-electron chi connectivity index (χ1n) is 8.63. The highest BCUT2D eigenvalue weighted by Crippen LogP contribution is 2.26. The minimum Gasteiger partial charge on any atom is -0.375 e. The number of nitrogens with one attached hydrogen (secondary N) is 1. The Labute approximate surface area is 176 Å². The Morgan fingerprint density at radius 3 is 2.21 bits per heavy atom. The van der Waals surface area contributed by atoms with E-state index in [4.69, 9.17) is 23.2 Å². The SMILES string of the molecule is CN(CCCNC(=O)CN(c1cc(Cl)cc(Cl)c1)S(C)(=O)=O)c1ccccc1. The van der Waals surface area contributed by atoms with Gasteiger partial charge in [0.25, 0.3) is 0 Å². The summed E-state index contributed by atoms with van der Waals surface area (Å²) >= 11 is 11.9. The first-order chi connectivity index (χ1) is 13.2. The minimum absolute atomic E-state index is 0.249. The van der Waals surface area contributed by atoms with Crippen molar-refractivity contribution in [3.8, 4) is 0 Å². The maximum absolute atomic E-state index is 12.3. The maximum Gasteiger partial charge on any atom is 0.240 e. The van der Waals surface area contributed by atoms with Crippen molar-refractivity contribution in [2.24, 2.45) is 0 Å². The standard InChI is InChI=1S/C19H23Cl2N3O3S/c1-23(17-7-4-3-5-8-17)10-6-9-22-19(25)14-24(28(2,26)27)18-12-15(20)11-16(21)13-18/h3-5,7-8,11-13H,6,9-10,14H2,1-2H3,(H,22,25). The van der Waals surface area contributed by atoms with Gasteiger partial charge in [-0.25, -0.2) is 8.42 Å². The number of hydrogen-bond acceptors (Lipinski definition) is 4. The molecule has 0 bridgehead atoms. The third-order valence-corrected chi connectivity index (χ3v) is 5.59. The molecule has 0 fully saturated rings. The predicted octanol–water partition coefficient (Wildman–Crippen LogP) is 3.40. The van der Waals surface area contributed by atoms with Gasteiger partial charge in [-0.15, -0.1) is 0 Å². The van der Waals surface area contributed by atoms with Crippen molar-refractivity contribution >= 4 is 50.5 Å². The number of amides is 1. The number of hydrogen-bond donors (Lipinski definition) is 1. The van der Waals surface area contributed by atoms with E-state index in [0.717, 1.165) is 29.2 Å². The normalized spacial score (nSPS) is 11.1. The van der Waals surface area contributed by atoms with E-state index in [0.29, 0.717) is 16.6 Å². The highest BCUT2D eigenvalue weighted by atomic mass is 35.5. The second-order valence-corrected chi connectivity index (χ2v) is 9.14. The number of rotatable bonds is 9. The zero-order valence-corrected chi connectivity index (χ0v) is 18.1. The predicted molar refractivity (Wildman–Crippen MR) is 116 cm³/mol. The topological polar surface area (TPSA) is 69.7 Å². The monoisotopic (exact) mass is 443 g/mol. The van der Waals surface area contributed by atoms with E-state index in [9.17, 15) is 13.2 Å². The number of benzene rings is 2. The summed E-state index contributed by atoms with van der Waals surface area (Å²) in [5.41, 5.74) is 1.34. The number of sulfonamides is 1. The molecule has 0 spiro atoms. The molecular weight excluding hydrogens is 421 g/mol. The Bertz CT molecular complexity index is 888. The molecule has 0 saturated carbocycles. The molecule has 0 radical (unpaired) electrons. The van der Waals surface area contributed by atoms with Crippen molar-refractivity contribution in [1.82, 2.24) is 5.32 Å². The third kappa shape index (κ3) is 6.89. The van der Waals surface area contributed by atoms with Crippen molar-refractivity contribution in [3.63, 3.8) is 0 Å². The molecule has 152 valence electrons. The molecule has 2 aromatic carbocycles. The van der Waals surface area contributed by atoms with Crippen LogP contribution in [0.1, 0.15) is 6.42 Å². The lowest BCUT2D eigenvalue weighted by Crippen LogP contribution is -2.41. The Morgan fingerprint density at radius 1 is 1.04 bits per heavy atom. The second-order valence-electron chi connectivity index (χ2n) is 6.36. The lowest BCUT2D eigenvalue weighted by molar-refractivity contribution is -0.119. The van der Waals surface area contributed by atoms with Gasteiger partial charge in [0, 0.05) is 35.9 Å². The van der Waals surface area contributed by atoms with Crippen molar-refractivity contribution in [1.29, 1.82) is 0 Å². The van der Waals surface area contributed by atoms with E-state index in [1.54, 1.807) is 0 Å². The van der Waals surface area contributed by atoms with Gasteiger partial charge in [0.1, 0.15) is 6.54 Å². The number of para-hydroxylation sites is 1. The largest absolute Gasteiger partial charge is 0.375 e. The maximum atomic E-state index is 12.3. The molecule has 6 nitrogen and oxygen atoms in total. The molecule has 0 aliphatic heterocycles. The average molecular weight is 444 g/mol. The van der Waals surface area contributed by atoms with Gasteiger partial charge < -0.3 is 10.2 Å². The first kappa shape index (κ1) is 22.3. The summed E-state index contributed by atoms with van der Waals surface area (Å²) in [5, 5.41) is 3.34. The van der Waals surface area contributed by atoms with E-state index in [2.05, 4.69) is 10.2 Å². The summed E-state index contributed by atoms with van der Waals surface area (Å²) in [4.78, 5) is 14.3. The number of halogens is 2. The van der Waals surface area contributed by atoms with Crippen molar-refractivity contribution < 1.29 is 13.2 Å². The molecule has 0 aliphatic rings. The minimum atomic E-state index is -3.68. The molecule has 1 amide bonds. The van der Waals surface area contributed by atoms with Gasteiger partial charge in [-0.1, -0.05) is 41.4 Å². The fourth-order valence-electron chi connectivity index (χ4n) is 2.63. The van der Waals surface area contributed by atoms with Crippen molar-refractivity contribution in [2.75, 3.05) is 42.1 Å². The highest BCUT2D eigenvalue weighted by Gasteiger charge is 2.21. The molecule has 0 unspecified atom stereocenters. The Balaban J connectivity index is 1.90. The number of carbonyl (C=O) groups excluding carboxylic acids is 1. The van der Waals surface area contributed by atoms with Crippen LogP contribution in [0.15, 0.2) is 48.5 Å². The smallest absolute Gasteiger partial charge is 0.240 e. The Morgan fingerprint density at radius 2 is 1.64 bits per heavy atom. The van der Waals surface area contributed by atoms with E-state index in [1.165, 1.54) is 18.2 Å². The second kappa shape index (κ2) is 10.0. The quantitative estimate of drug-likeness (QED) is 0.602. The van der Waals surface area contributed by atoms with Crippen molar-refractivity contribution in [3.05, 3.63) is 58.6 Å². The van der Waals surface area contributed by atoms with Crippen LogP contribution in [0, 0.1) is 0 Å². The first-order valence-corrected chi connectivity index (χ1v) is 11.2. The molecule has 0 aromatic heterocycles. The van der Waals surface area contributed by atoms with Gasteiger partial charge in [-0.05, 0) is 36.8 Å². The van der Waals surface area contributed by atoms with Crippen LogP contribution in [-0.2, 0) is 14.8 Å². The molecule has 2 aromatic rings.